The first-order valence-electron chi connectivity index (χ1n) is 13.6. The topological polar surface area (TPSA) is 76.8 Å². The molecule has 0 spiro atoms. The summed E-state index contributed by atoms with van der Waals surface area (Å²) in [5, 5.41) is 16.5. The van der Waals surface area contributed by atoms with Gasteiger partial charge in [-0.3, -0.25) is 9.48 Å². The Bertz CT molecular complexity index is 1400. The molecule has 1 amide bonds. The molecule has 38 heavy (non-hydrogen) atoms. The van der Waals surface area contributed by atoms with Crippen LogP contribution in [-0.4, -0.2) is 25.5 Å². The number of aryl methyl sites for hydroxylation is 1. The van der Waals surface area contributed by atoms with Crippen molar-refractivity contribution in [1.82, 2.24) is 24.9 Å². The molecule has 1 aliphatic rings. The predicted molar refractivity (Wildman–Crippen MR) is 151 cm³/mol. The summed E-state index contributed by atoms with van der Waals surface area (Å²) in [5.41, 5.74) is 4.19. The van der Waals surface area contributed by atoms with Gasteiger partial charge in [0.05, 0.1) is 35.6 Å². The zero-order valence-corrected chi connectivity index (χ0v) is 23.0. The lowest BCUT2D eigenvalue weighted by molar-refractivity contribution is 0.0889. The van der Waals surface area contributed by atoms with Gasteiger partial charge in [-0.15, -0.1) is 0 Å². The average Bonchev–Trinajstić information content (AvgIpc) is 3.52. The first-order valence-corrected chi connectivity index (χ1v) is 13.6. The molecule has 2 aromatic heterocycles. The molecule has 7 heteroatoms. The lowest BCUT2D eigenvalue weighted by atomic mass is 9.84. The SMILES string of the molecule is CCC(CC)(NC(=O)c1cnn2c1NC(c1ccccc1)CC2(C)C)c1cn(Cc2ccccc2)nc1C. The first-order chi connectivity index (χ1) is 18.3. The Morgan fingerprint density at radius 3 is 2.39 bits per heavy atom. The maximum Gasteiger partial charge on any atom is 0.257 e. The van der Waals surface area contributed by atoms with Gasteiger partial charge in [0.25, 0.3) is 5.91 Å². The third-order valence-corrected chi connectivity index (χ3v) is 8.01. The van der Waals surface area contributed by atoms with Crippen molar-refractivity contribution in [2.45, 2.75) is 77.5 Å². The zero-order valence-electron chi connectivity index (χ0n) is 23.0. The largest absolute Gasteiger partial charge is 0.363 e. The number of carbonyl (C=O) groups excluding carboxylic acids is 1. The summed E-state index contributed by atoms with van der Waals surface area (Å²) >= 11 is 0. The zero-order chi connectivity index (χ0) is 26.9. The highest BCUT2D eigenvalue weighted by Gasteiger charge is 2.39. The van der Waals surface area contributed by atoms with Gasteiger partial charge >= 0.3 is 0 Å². The summed E-state index contributed by atoms with van der Waals surface area (Å²) in [6.07, 6.45) is 6.18. The normalized spacial score (nSPS) is 16.5. The number of fused-ring (bicyclic) bond motifs is 1. The van der Waals surface area contributed by atoms with Crippen molar-refractivity contribution in [3.8, 4) is 0 Å². The molecule has 2 N–H and O–H groups in total. The predicted octanol–water partition coefficient (Wildman–Crippen LogP) is 6.17. The maximum absolute atomic E-state index is 13.9. The van der Waals surface area contributed by atoms with Crippen LogP contribution in [0.2, 0.25) is 0 Å². The number of hydrogen-bond acceptors (Lipinski definition) is 4. The van der Waals surface area contributed by atoms with Crippen LogP contribution >= 0.6 is 0 Å². The Labute approximate surface area is 225 Å². The van der Waals surface area contributed by atoms with Crippen LogP contribution in [-0.2, 0) is 17.6 Å². The van der Waals surface area contributed by atoms with Crippen molar-refractivity contribution < 1.29 is 4.79 Å². The number of amides is 1. The number of nitrogens with one attached hydrogen (secondary N) is 2. The van der Waals surface area contributed by atoms with E-state index in [2.05, 4.69) is 86.0 Å². The molecule has 0 radical (unpaired) electrons. The van der Waals surface area contributed by atoms with Gasteiger partial charge in [-0.2, -0.15) is 10.2 Å². The summed E-state index contributed by atoms with van der Waals surface area (Å²) in [6.45, 7) is 11.3. The van der Waals surface area contributed by atoms with E-state index in [9.17, 15) is 4.79 Å². The summed E-state index contributed by atoms with van der Waals surface area (Å²) in [7, 11) is 0. The number of rotatable bonds is 8. The van der Waals surface area contributed by atoms with Crippen molar-refractivity contribution in [2.75, 3.05) is 5.32 Å². The number of hydrogen-bond donors (Lipinski definition) is 2. The third-order valence-electron chi connectivity index (χ3n) is 8.01. The van der Waals surface area contributed by atoms with E-state index in [0.717, 1.165) is 36.3 Å². The summed E-state index contributed by atoms with van der Waals surface area (Å²) in [4.78, 5) is 13.9. The molecule has 2 aromatic carbocycles. The van der Waals surface area contributed by atoms with Gasteiger partial charge in [0.2, 0.25) is 0 Å². The maximum atomic E-state index is 13.9. The second kappa shape index (κ2) is 10.1. The van der Waals surface area contributed by atoms with Crippen molar-refractivity contribution >= 4 is 11.7 Å². The van der Waals surface area contributed by atoms with Gasteiger partial charge in [-0.25, -0.2) is 4.68 Å². The van der Waals surface area contributed by atoms with Gasteiger partial charge in [0.15, 0.2) is 0 Å². The number of nitrogens with zero attached hydrogens (tertiary/aromatic N) is 4. The van der Waals surface area contributed by atoms with Crippen LogP contribution in [0.3, 0.4) is 0 Å². The molecule has 5 rings (SSSR count). The fraction of sp³-hybridized carbons (Fsp3) is 0.387. The highest BCUT2D eigenvalue weighted by atomic mass is 16.2. The van der Waals surface area contributed by atoms with E-state index in [1.165, 1.54) is 11.1 Å². The van der Waals surface area contributed by atoms with E-state index in [1.807, 2.05) is 40.6 Å². The van der Waals surface area contributed by atoms with Crippen LogP contribution in [0.4, 0.5) is 5.82 Å². The van der Waals surface area contributed by atoms with E-state index in [0.29, 0.717) is 12.1 Å². The molecule has 4 aromatic rings. The van der Waals surface area contributed by atoms with Crippen LogP contribution < -0.4 is 10.6 Å². The van der Waals surface area contributed by atoms with E-state index in [1.54, 1.807) is 6.20 Å². The lowest BCUT2D eigenvalue weighted by Gasteiger charge is -2.38. The number of carbonyl (C=O) groups is 1. The quantitative estimate of drug-likeness (QED) is 0.297. The molecule has 7 nitrogen and oxygen atoms in total. The smallest absolute Gasteiger partial charge is 0.257 e. The molecule has 0 saturated carbocycles. The second-order valence-corrected chi connectivity index (χ2v) is 11.0. The van der Waals surface area contributed by atoms with E-state index >= 15 is 0 Å². The van der Waals surface area contributed by atoms with Gasteiger partial charge in [-0.05, 0) is 51.2 Å². The number of anilines is 1. The average molecular weight is 511 g/mol. The minimum Gasteiger partial charge on any atom is -0.363 e. The molecule has 0 bridgehead atoms. The van der Waals surface area contributed by atoms with E-state index < -0.39 is 5.54 Å². The molecule has 0 aliphatic carbocycles. The highest BCUT2D eigenvalue weighted by molar-refractivity contribution is 5.99. The molecule has 0 saturated heterocycles. The Morgan fingerprint density at radius 2 is 1.74 bits per heavy atom. The van der Waals surface area contributed by atoms with Crippen molar-refractivity contribution in [3.05, 3.63) is 101 Å². The molecule has 0 fully saturated rings. The fourth-order valence-corrected chi connectivity index (χ4v) is 5.80. The van der Waals surface area contributed by atoms with Crippen LogP contribution in [0.5, 0.6) is 0 Å². The van der Waals surface area contributed by atoms with Gasteiger partial charge in [0.1, 0.15) is 11.4 Å². The molecule has 198 valence electrons. The standard InChI is InChI=1S/C31H38N6O/c1-6-31(7-2,26-21-36(35-22(26)3)20-23-14-10-8-11-15-23)34-29(38)25-19-32-37-28(25)33-27(18-30(37,4)5)24-16-12-9-13-17-24/h8-17,19,21,27,33H,6-7,18,20H2,1-5H3,(H,34,38). The van der Waals surface area contributed by atoms with Gasteiger partial charge in [0, 0.05) is 11.8 Å². The van der Waals surface area contributed by atoms with Gasteiger partial charge in [-0.1, -0.05) is 74.5 Å². The minimum atomic E-state index is -0.534. The van der Waals surface area contributed by atoms with Crippen molar-refractivity contribution in [3.63, 3.8) is 0 Å². The Hall–Kier alpha value is -3.87. The van der Waals surface area contributed by atoms with E-state index in [-0.39, 0.29) is 17.5 Å². The summed E-state index contributed by atoms with van der Waals surface area (Å²) in [5.74, 6) is 0.646. The molecular weight excluding hydrogens is 472 g/mol. The number of aromatic nitrogens is 4. The Kier molecular flexibility index (Phi) is 6.86. The molecule has 1 aliphatic heterocycles. The van der Waals surface area contributed by atoms with Crippen LogP contribution in [0.25, 0.3) is 0 Å². The van der Waals surface area contributed by atoms with Crippen LogP contribution in [0.1, 0.15) is 85.7 Å². The van der Waals surface area contributed by atoms with Crippen LogP contribution in [0, 0.1) is 6.92 Å². The Balaban J connectivity index is 1.44. The van der Waals surface area contributed by atoms with Crippen LogP contribution in [0.15, 0.2) is 73.1 Å². The third kappa shape index (κ3) is 4.73. The van der Waals surface area contributed by atoms with Crippen molar-refractivity contribution in [1.29, 1.82) is 0 Å². The number of benzene rings is 2. The first kappa shape index (κ1) is 25.8. The van der Waals surface area contributed by atoms with E-state index in [4.69, 9.17) is 5.10 Å². The fourth-order valence-electron chi connectivity index (χ4n) is 5.80. The van der Waals surface area contributed by atoms with Crippen molar-refractivity contribution in [2.24, 2.45) is 0 Å². The summed E-state index contributed by atoms with van der Waals surface area (Å²) in [6, 6.07) is 20.8. The monoisotopic (exact) mass is 510 g/mol. The molecule has 3 heterocycles. The van der Waals surface area contributed by atoms with Gasteiger partial charge < -0.3 is 10.6 Å². The minimum absolute atomic E-state index is 0.0996. The molecular formula is C31H38N6O. The highest BCUT2D eigenvalue weighted by Crippen LogP contribution is 2.40. The lowest BCUT2D eigenvalue weighted by Crippen LogP contribution is -2.46. The molecule has 1 unspecified atom stereocenters. The summed E-state index contributed by atoms with van der Waals surface area (Å²) < 4.78 is 3.94. The Morgan fingerprint density at radius 1 is 1.08 bits per heavy atom. The second-order valence-electron chi connectivity index (χ2n) is 11.0. The molecule has 1 atom stereocenters.